The van der Waals surface area contributed by atoms with Crippen LogP contribution in [0, 0.1) is 42.3 Å². The van der Waals surface area contributed by atoms with Crippen molar-refractivity contribution >= 4 is 23.5 Å². The number of nitriles is 2. The van der Waals surface area contributed by atoms with Gasteiger partial charge in [0, 0.05) is 18.0 Å². The van der Waals surface area contributed by atoms with Crippen molar-refractivity contribution in [2.45, 2.75) is 31.9 Å². The molecule has 0 radical (unpaired) electrons. The van der Waals surface area contributed by atoms with Crippen molar-refractivity contribution in [2.24, 2.45) is 10.7 Å². The van der Waals surface area contributed by atoms with Crippen LogP contribution in [0.25, 0.3) is 0 Å². The molecule has 0 fully saturated rings. The number of aromatic carboxylic acids is 1. The Morgan fingerprint density at radius 2 is 1.58 bits per heavy atom. The molecule has 0 spiro atoms. The lowest BCUT2D eigenvalue weighted by molar-refractivity contribution is -0.0575. The van der Waals surface area contributed by atoms with E-state index in [1.165, 1.54) is 37.5 Å². The summed E-state index contributed by atoms with van der Waals surface area (Å²) in [6, 6.07) is 8.05. The Labute approximate surface area is 243 Å². The van der Waals surface area contributed by atoms with E-state index in [0.717, 1.165) is 6.20 Å². The molecule has 1 aliphatic heterocycles. The van der Waals surface area contributed by atoms with Crippen LogP contribution in [-0.4, -0.2) is 63.3 Å². The summed E-state index contributed by atoms with van der Waals surface area (Å²) in [5.74, 6) is -2.88. The number of carboxylic acids is 1. The molecule has 4 heterocycles. The Kier molecular flexibility index (Phi) is 9.75. The summed E-state index contributed by atoms with van der Waals surface area (Å²) in [6.07, 6.45) is 3.38. The minimum absolute atomic E-state index is 0.00484. The third-order valence-electron chi connectivity index (χ3n) is 6.40. The van der Waals surface area contributed by atoms with Crippen LogP contribution in [0.5, 0.6) is 0 Å². The Bertz CT molecular complexity index is 1680. The lowest BCUT2D eigenvalue weighted by atomic mass is 9.90. The molecule has 222 valence electrons. The molecule has 15 heteroatoms. The zero-order valence-electron chi connectivity index (χ0n) is 23.2. The molecule has 4 rings (SSSR count). The van der Waals surface area contributed by atoms with Crippen LogP contribution < -0.4 is 11.1 Å². The number of ether oxygens (including phenoxy) is 1. The maximum absolute atomic E-state index is 14.6. The molecule has 0 aliphatic carbocycles. The number of nitrogens with one attached hydrogen (secondary N) is 1. The number of amides is 1. The molecule has 3 aromatic rings. The number of carboxylic acid groups (broad SMARTS) is 1. The molecule has 0 bridgehead atoms. The van der Waals surface area contributed by atoms with Crippen molar-refractivity contribution in [3.05, 3.63) is 81.8 Å². The monoisotopic (exact) mass is 594 g/mol. The number of nitrogens with two attached hydrogens (primary N) is 1. The van der Waals surface area contributed by atoms with Gasteiger partial charge in [0.25, 0.3) is 5.91 Å². The van der Waals surface area contributed by atoms with Gasteiger partial charge in [0.1, 0.15) is 54.2 Å². The lowest BCUT2D eigenvalue weighted by Gasteiger charge is -2.39. The van der Waals surface area contributed by atoms with E-state index >= 15 is 0 Å². The number of hydrogen-bond acceptors (Lipinski definition) is 10. The highest BCUT2D eigenvalue weighted by molar-refractivity contribution is 6.03. The molecule has 1 aliphatic rings. The molecule has 0 saturated carbocycles. The number of nitrogens with zero attached hydrogens (tertiary/aromatic N) is 6. The largest absolute Gasteiger partial charge is 0.477 e. The number of anilines is 1. The van der Waals surface area contributed by atoms with Crippen LogP contribution in [0.2, 0.25) is 0 Å². The van der Waals surface area contributed by atoms with Gasteiger partial charge in [0.15, 0.2) is 11.3 Å². The van der Waals surface area contributed by atoms with E-state index in [1.807, 2.05) is 12.1 Å². The number of aryl methyl sites for hydroxylation is 2. The van der Waals surface area contributed by atoms with Crippen LogP contribution >= 0.6 is 0 Å². The van der Waals surface area contributed by atoms with Gasteiger partial charge in [0.05, 0.1) is 23.9 Å². The number of carbonyl (C=O) groups excluding carboxylic acids is 1. The second-order valence-corrected chi connectivity index (χ2v) is 9.63. The van der Waals surface area contributed by atoms with E-state index in [2.05, 4.69) is 25.3 Å². The Balaban J connectivity index is 0.000000353. The number of halogens is 3. The van der Waals surface area contributed by atoms with Crippen molar-refractivity contribution in [3.63, 3.8) is 0 Å². The summed E-state index contributed by atoms with van der Waals surface area (Å²) in [5.41, 5.74) is 4.03. The van der Waals surface area contributed by atoms with E-state index in [-0.39, 0.29) is 29.4 Å². The Morgan fingerprint density at radius 3 is 2.05 bits per heavy atom. The predicted octanol–water partition coefficient (Wildman–Crippen LogP) is 3.29. The molecule has 43 heavy (non-hydrogen) atoms. The molecular weight excluding hydrogens is 569 g/mol. The highest BCUT2D eigenvalue weighted by Crippen LogP contribution is 2.35. The molecular formula is C28H25F3N8O4. The molecule has 3 aromatic heterocycles. The maximum atomic E-state index is 14.6. The number of aromatic nitrogens is 3. The van der Waals surface area contributed by atoms with Gasteiger partial charge in [-0.15, -0.1) is 0 Å². The molecule has 1 amide bonds. The summed E-state index contributed by atoms with van der Waals surface area (Å²) in [7, 11) is 0. The van der Waals surface area contributed by atoms with Gasteiger partial charge in [-0.1, -0.05) is 0 Å². The SMILES string of the molecule is Cc1cc(C#N)cnc1C(=O)Nc1cc(C2(C)COC(CF)(CF)C(N)=N2)c(F)cn1.Cc1cc(C#N)cnc1C(=O)O. The van der Waals surface area contributed by atoms with Crippen LogP contribution in [-0.2, 0) is 10.3 Å². The topological polar surface area (TPSA) is 200 Å². The number of pyridine rings is 3. The second-order valence-electron chi connectivity index (χ2n) is 9.63. The molecule has 0 aromatic carbocycles. The van der Waals surface area contributed by atoms with Gasteiger partial charge in [-0.3, -0.25) is 9.79 Å². The molecule has 1 atom stereocenters. The fourth-order valence-corrected chi connectivity index (χ4v) is 3.97. The average Bonchev–Trinajstić information content (AvgIpc) is 2.98. The molecule has 0 saturated heterocycles. The van der Waals surface area contributed by atoms with Gasteiger partial charge in [0.2, 0.25) is 0 Å². The lowest BCUT2D eigenvalue weighted by Crippen LogP contribution is -2.56. The third kappa shape index (κ3) is 6.91. The highest BCUT2D eigenvalue weighted by atomic mass is 19.1. The fraction of sp³-hybridized carbons (Fsp3) is 0.286. The first kappa shape index (κ1) is 32.1. The first-order valence-electron chi connectivity index (χ1n) is 12.4. The fourth-order valence-electron chi connectivity index (χ4n) is 3.97. The standard InChI is InChI=1S/C20H19F3N6O2.C8H6N2O2/c1-11-3-12(5-24)6-27-16(11)17(30)28-15-4-13(14(23)7-26-15)19(2)10-31-20(8-21,9-22)18(25)29-19;1-5-2-6(3-9)4-10-7(5)8(11)12/h3-4,6-7H,8-10H2,1-2H3,(H2,25,29)(H,26,28,30);2,4H,1H3,(H,11,12). The van der Waals surface area contributed by atoms with Crippen LogP contribution in [0.4, 0.5) is 19.0 Å². The van der Waals surface area contributed by atoms with Crippen LogP contribution in [0.3, 0.4) is 0 Å². The minimum atomic E-state index is -1.99. The van der Waals surface area contributed by atoms with E-state index in [0.29, 0.717) is 22.3 Å². The van der Waals surface area contributed by atoms with Gasteiger partial charge >= 0.3 is 5.97 Å². The van der Waals surface area contributed by atoms with E-state index in [4.69, 9.17) is 26.1 Å². The Hall–Kier alpha value is -5.41. The second kappa shape index (κ2) is 13.1. The van der Waals surface area contributed by atoms with Gasteiger partial charge in [-0.2, -0.15) is 10.5 Å². The normalized spacial score (nSPS) is 16.9. The van der Waals surface area contributed by atoms with E-state index in [9.17, 15) is 22.8 Å². The predicted molar refractivity (Wildman–Crippen MR) is 146 cm³/mol. The molecule has 1 unspecified atom stereocenters. The van der Waals surface area contributed by atoms with Crippen LogP contribution in [0.15, 0.2) is 41.8 Å². The van der Waals surface area contributed by atoms with Crippen molar-refractivity contribution in [2.75, 3.05) is 25.3 Å². The summed E-state index contributed by atoms with van der Waals surface area (Å²) in [6.45, 7) is 1.93. The van der Waals surface area contributed by atoms with E-state index in [1.54, 1.807) is 13.8 Å². The number of rotatable bonds is 6. The smallest absolute Gasteiger partial charge is 0.354 e. The third-order valence-corrected chi connectivity index (χ3v) is 6.40. The number of carbonyl (C=O) groups is 2. The quantitative estimate of drug-likeness (QED) is 0.380. The number of aliphatic imine (C=N–C) groups is 1. The molecule has 4 N–H and O–H groups in total. The van der Waals surface area contributed by atoms with Gasteiger partial charge in [-0.25, -0.2) is 32.9 Å². The zero-order chi connectivity index (χ0) is 31.9. The van der Waals surface area contributed by atoms with Gasteiger partial charge in [-0.05, 0) is 50.1 Å². The van der Waals surface area contributed by atoms with Crippen LogP contribution in [0.1, 0.15) is 55.7 Å². The first-order chi connectivity index (χ1) is 20.3. The Morgan fingerprint density at radius 1 is 1.02 bits per heavy atom. The zero-order valence-corrected chi connectivity index (χ0v) is 23.2. The summed E-state index contributed by atoms with van der Waals surface area (Å²) < 4.78 is 46.4. The van der Waals surface area contributed by atoms with Gasteiger partial charge < -0.3 is 20.9 Å². The van der Waals surface area contributed by atoms with Crippen molar-refractivity contribution in [3.8, 4) is 12.1 Å². The van der Waals surface area contributed by atoms with Crippen molar-refractivity contribution < 1.29 is 32.6 Å². The summed E-state index contributed by atoms with van der Waals surface area (Å²) in [5, 5.41) is 28.5. The van der Waals surface area contributed by atoms with Crippen molar-refractivity contribution in [1.82, 2.24) is 15.0 Å². The number of hydrogen-bond donors (Lipinski definition) is 3. The maximum Gasteiger partial charge on any atom is 0.354 e. The summed E-state index contributed by atoms with van der Waals surface area (Å²) >= 11 is 0. The average molecular weight is 595 g/mol. The first-order valence-corrected chi connectivity index (χ1v) is 12.4. The minimum Gasteiger partial charge on any atom is -0.477 e. The van der Waals surface area contributed by atoms with Crippen molar-refractivity contribution in [1.29, 1.82) is 10.5 Å². The summed E-state index contributed by atoms with van der Waals surface area (Å²) in [4.78, 5) is 38.6. The number of amidine groups is 1. The number of alkyl halides is 2. The van der Waals surface area contributed by atoms with E-state index < -0.39 is 48.0 Å². The highest BCUT2D eigenvalue weighted by Gasteiger charge is 2.46. The molecule has 12 nitrogen and oxygen atoms in total.